The van der Waals surface area contributed by atoms with Crippen molar-refractivity contribution < 1.29 is 4.74 Å². The summed E-state index contributed by atoms with van der Waals surface area (Å²) in [6, 6.07) is 3.91. The van der Waals surface area contributed by atoms with Gasteiger partial charge in [-0.3, -0.25) is 0 Å². The molecule has 2 aromatic rings. The third-order valence-corrected chi connectivity index (χ3v) is 3.13. The molecule has 0 saturated carbocycles. The van der Waals surface area contributed by atoms with Crippen molar-refractivity contribution >= 4 is 22.7 Å². The fourth-order valence-corrected chi connectivity index (χ4v) is 2.33. The summed E-state index contributed by atoms with van der Waals surface area (Å²) in [4.78, 5) is 3.37. The lowest BCUT2D eigenvalue weighted by Crippen LogP contribution is -1.91. The minimum Gasteiger partial charge on any atom is -0.497 e. The quantitative estimate of drug-likeness (QED) is 0.717. The van der Waals surface area contributed by atoms with Crippen LogP contribution in [0.1, 0.15) is 17.7 Å². The molecule has 16 heavy (non-hydrogen) atoms. The molecule has 82 valence electrons. The number of H-pyrrole nitrogens is 1. The number of hydrogen-bond acceptors (Lipinski definition) is 2. The first-order valence-electron chi connectivity index (χ1n) is 5.44. The summed E-state index contributed by atoms with van der Waals surface area (Å²) in [5, 5.41) is 1.19. The van der Waals surface area contributed by atoms with Crippen molar-refractivity contribution in [2.24, 2.45) is 0 Å². The van der Waals surface area contributed by atoms with Crippen LogP contribution in [0.5, 0.6) is 5.75 Å². The Morgan fingerprint density at radius 2 is 2.25 bits per heavy atom. The normalized spacial score (nSPS) is 14.1. The number of nitrogens with one attached hydrogen (secondary N) is 1. The molecule has 0 unspecified atom stereocenters. The Bertz CT molecular complexity index is 581. The molecule has 1 aromatic heterocycles. The highest BCUT2D eigenvalue weighted by molar-refractivity contribution is 5.96. The molecule has 3 N–H and O–H groups in total. The molecular formula is C13H14N2O. The summed E-state index contributed by atoms with van der Waals surface area (Å²) in [5.74, 6) is 0.821. The van der Waals surface area contributed by atoms with Gasteiger partial charge in [0.15, 0.2) is 0 Å². The number of nitrogen functional groups attached to an aromatic ring is 1. The molecule has 1 aliphatic rings. The number of aromatic amines is 1. The summed E-state index contributed by atoms with van der Waals surface area (Å²) in [5.41, 5.74) is 10.3. The fraction of sp³-hybridized carbons (Fsp3) is 0.231. The minimum absolute atomic E-state index is 0.747. The van der Waals surface area contributed by atoms with Crippen LogP contribution < -0.4 is 10.5 Å². The standard InChI is InChI=1S/C13H14N2O/c1-16-8-6-10-9-4-2-3-5-12(9)15-13(10)11(14)7-8/h3,5-7,15H,2,4,14H2,1H3. The molecular weight excluding hydrogens is 200 g/mol. The monoisotopic (exact) mass is 214 g/mol. The summed E-state index contributed by atoms with van der Waals surface area (Å²) >= 11 is 0. The first-order valence-corrected chi connectivity index (χ1v) is 5.44. The van der Waals surface area contributed by atoms with Gasteiger partial charge in [-0.1, -0.05) is 6.08 Å². The van der Waals surface area contributed by atoms with E-state index in [2.05, 4.69) is 23.2 Å². The molecule has 1 aliphatic carbocycles. The Balaban J connectivity index is 2.35. The van der Waals surface area contributed by atoms with E-state index in [9.17, 15) is 0 Å². The van der Waals surface area contributed by atoms with E-state index in [0.717, 1.165) is 29.8 Å². The van der Waals surface area contributed by atoms with Crippen LogP contribution in [0, 0.1) is 0 Å². The number of rotatable bonds is 1. The maximum absolute atomic E-state index is 6.01. The molecule has 3 rings (SSSR count). The van der Waals surface area contributed by atoms with Crippen LogP contribution in [-0.2, 0) is 6.42 Å². The zero-order valence-electron chi connectivity index (χ0n) is 9.21. The number of benzene rings is 1. The molecule has 3 heteroatoms. The number of aryl methyl sites for hydroxylation is 1. The molecule has 3 nitrogen and oxygen atoms in total. The maximum atomic E-state index is 6.01. The van der Waals surface area contributed by atoms with E-state index in [1.807, 2.05) is 6.07 Å². The maximum Gasteiger partial charge on any atom is 0.121 e. The second-order valence-electron chi connectivity index (χ2n) is 4.10. The Morgan fingerprint density at radius 3 is 3.06 bits per heavy atom. The summed E-state index contributed by atoms with van der Waals surface area (Å²) < 4.78 is 5.25. The van der Waals surface area contributed by atoms with Crippen LogP contribution >= 0.6 is 0 Å². The van der Waals surface area contributed by atoms with Gasteiger partial charge in [0.1, 0.15) is 5.75 Å². The van der Waals surface area contributed by atoms with Crippen molar-refractivity contribution in [3.05, 3.63) is 29.5 Å². The van der Waals surface area contributed by atoms with Gasteiger partial charge in [0, 0.05) is 17.1 Å². The Morgan fingerprint density at radius 1 is 1.38 bits per heavy atom. The van der Waals surface area contributed by atoms with Crippen molar-refractivity contribution in [3.63, 3.8) is 0 Å². The van der Waals surface area contributed by atoms with Crippen LogP contribution in [0.4, 0.5) is 5.69 Å². The smallest absolute Gasteiger partial charge is 0.121 e. The van der Waals surface area contributed by atoms with E-state index in [4.69, 9.17) is 10.5 Å². The van der Waals surface area contributed by atoms with Gasteiger partial charge in [0.05, 0.1) is 18.3 Å². The van der Waals surface area contributed by atoms with Crippen molar-refractivity contribution in [2.75, 3.05) is 12.8 Å². The topological polar surface area (TPSA) is 51.0 Å². The molecule has 0 saturated heterocycles. The third kappa shape index (κ3) is 1.21. The van der Waals surface area contributed by atoms with Crippen molar-refractivity contribution in [3.8, 4) is 5.75 Å². The molecule has 1 heterocycles. The number of nitrogens with two attached hydrogens (primary N) is 1. The number of methoxy groups -OCH3 is 1. The first-order chi connectivity index (χ1) is 7.79. The van der Waals surface area contributed by atoms with E-state index in [-0.39, 0.29) is 0 Å². The molecule has 0 fully saturated rings. The molecule has 0 atom stereocenters. The van der Waals surface area contributed by atoms with Gasteiger partial charge in [-0.15, -0.1) is 0 Å². The molecule has 0 amide bonds. The Kier molecular flexibility index (Phi) is 1.93. The molecule has 0 radical (unpaired) electrons. The van der Waals surface area contributed by atoms with Gasteiger partial charge in [-0.25, -0.2) is 0 Å². The average molecular weight is 214 g/mol. The SMILES string of the molecule is COc1cc(N)c2[nH]c3c(c2c1)CCC=C3. The lowest BCUT2D eigenvalue weighted by molar-refractivity contribution is 0.415. The van der Waals surface area contributed by atoms with Gasteiger partial charge in [0.2, 0.25) is 0 Å². The molecule has 0 bridgehead atoms. The van der Waals surface area contributed by atoms with Crippen molar-refractivity contribution in [1.82, 2.24) is 4.98 Å². The highest BCUT2D eigenvalue weighted by Gasteiger charge is 2.14. The van der Waals surface area contributed by atoms with E-state index in [1.54, 1.807) is 7.11 Å². The fourth-order valence-electron chi connectivity index (χ4n) is 2.33. The minimum atomic E-state index is 0.747. The zero-order valence-corrected chi connectivity index (χ0v) is 9.21. The second-order valence-corrected chi connectivity index (χ2v) is 4.10. The van der Waals surface area contributed by atoms with Crippen LogP contribution in [-0.4, -0.2) is 12.1 Å². The number of hydrogen-bond donors (Lipinski definition) is 2. The van der Waals surface area contributed by atoms with E-state index < -0.39 is 0 Å². The van der Waals surface area contributed by atoms with Gasteiger partial charge in [-0.2, -0.15) is 0 Å². The highest BCUT2D eigenvalue weighted by Crippen LogP contribution is 2.34. The summed E-state index contributed by atoms with van der Waals surface area (Å²) in [6.45, 7) is 0. The predicted octanol–water partition coefficient (Wildman–Crippen LogP) is 2.72. The lowest BCUT2D eigenvalue weighted by Gasteiger charge is -2.06. The van der Waals surface area contributed by atoms with E-state index >= 15 is 0 Å². The van der Waals surface area contributed by atoms with Crippen LogP contribution in [0.2, 0.25) is 0 Å². The lowest BCUT2D eigenvalue weighted by atomic mass is 10.0. The van der Waals surface area contributed by atoms with E-state index in [0.29, 0.717) is 0 Å². The van der Waals surface area contributed by atoms with Crippen molar-refractivity contribution in [2.45, 2.75) is 12.8 Å². The summed E-state index contributed by atoms with van der Waals surface area (Å²) in [6.07, 6.45) is 6.48. The largest absolute Gasteiger partial charge is 0.497 e. The third-order valence-electron chi connectivity index (χ3n) is 3.13. The number of ether oxygens (including phenoxy) is 1. The number of anilines is 1. The van der Waals surface area contributed by atoms with E-state index in [1.165, 1.54) is 16.6 Å². The van der Waals surface area contributed by atoms with Gasteiger partial charge in [-0.05, 0) is 30.5 Å². The van der Waals surface area contributed by atoms with Gasteiger partial charge in [0.25, 0.3) is 0 Å². The second kappa shape index (κ2) is 3.30. The average Bonchev–Trinajstić information content (AvgIpc) is 2.68. The number of fused-ring (bicyclic) bond motifs is 3. The van der Waals surface area contributed by atoms with Crippen LogP contribution in [0.15, 0.2) is 18.2 Å². The highest BCUT2D eigenvalue weighted by atomic mass is 16.5. The van der Waals surface area contributed by atoms with Gasteiger partial charge >= 0.3 is 0 Å². The number of allylic oxidation sites excluding steroid dienone is 1. The zero-order chi connectivity index (χ0) is 11.1. The Labute approximate surface area is 93.9 Å². The summed E-state index contributed by atoms with van der Waals surface area (Å²) in [7, 11) is 1.67. The molecule has 0 aliphatic heterocycles. The molecule has 0 spiro atoms. The van der Waals surface area contributed by atoms with Crippen LogP contribution in [0.3, 0.4) is 0 Å². The van der Waals surface area contributed by atoms with Crippen molar-refractivity contribution in [1.29, 1.82) is 0 Å². The predicted molar refractivity (Wildman–Crippen MR) is 66.6 cm³/mol. The number of aromatic nitrogens is 1. The molecule has 1 aromatic carbocycles. The van der Waals surface area contributed by atoms with Crippen LogP contribution in [0.25, 0.3) is 17.0 Å². The first kappa shape index (κ1) is 9.33. The van der Waals surface area contributed by atoms with Gasteiger partial charge < -0.3 is 15.5 Å². The Hall–Kier alpha value is -1.90.